The molecule has 0 radical (unpaired) electrons. The summed E-state index contributed by atoms with van der Waals surface area (Å²) in [7, 11) is 0. The molecule has 0 aliphatic carbocycles. The molecule has 0 bridgehead atoms. The lowest BCUT2D eigenvalue weighted by atomic mass is 10.2. The van der Waals surface area contributed by atoms with Gasteiger partial charge in [-0.2, -0.15) is 0 Å². The van der Waals surface area contributed by atoms with Crippen molar-refractivity contribution in [2.45, 2.75) is 0 Å². The van der Waals surface area contributed by atoms with Crippen LogP contribution in [0.25, 0.3) is 6.08 Å². The van der Waals surface area contributed by atoms with Crippen LogP contribution in [-0.4, -0.2) is 43.8 Å². The number of hydrogen-bond acceptors (Lipinski definition) is 6. The summed E-state index contributed by atoms with van der Waals surface area (Å²) in [4.78, 5) is 20.7. The first-order valence-electron chi connectivity index (χ1n) is 8.31. The summed E-state index contributed by atoms with van der Waals surface area (Å²) < 4.78 is 21.3. The molecule has 2 aromatic rings. The first-order valence-corrected chi connectivity index (χ1v) is 8.31. The molecule has 0 saturated heterocycles. The Morgan fingerprint density at radius 2 is 1.26 bits per heavy atom. The number of carbonyl (C=O) groups excluding carboxylic acids is 1. The van der Waals surface area contributed by atoms with Gasteiger partial charge in [0.15, 0.2) is 23.0 Å². The number of rotatable bonds is 3. The Morgan fingerprint density at radius 3 is 1.78 bits per heavy atom. The fourth-order valence-corrected chi connectivity index (χ4v) is 2.46. The first-order chi connectivity index (χ1) is 13.2. The van der Waals surface area contributed by atoms with E-state index in [0.29, 0.717) is 55.0 Å². The van der Waals surface area contributed by atoms with E-state index in [9.17, 15) is 9.59 Å². The van der Waals surface area contributed by atoms with Crippen LogP contribution in [0.3, 0.4) is 0 Å². The molecule has 7 heteroatoms. The Hall–Kier alpha value is -3.48. The van der Waals surface area contributed by atoms with Crippen molar-refractivity contribution in [1.82, 2.24) is 0 Å². The van der Waals surface area contributed by atoms with Crippen LogP contribution in [-0.2, 0) is 4.79 Å². The van der Waals surface area contributed by atoms with Crippen molar-refractivity contribution in [2.24, 2.45) is 0 Å². The molecular formula is C20H18O7. The average molecular weight is 370 g/mol. The van der Waals surface area contributed by atoms with Crippen molar-refractivity contribution in [2.75, 3.05) is 26.4 Å². The summed E-state index contributed by atoms with van der Waals surface area (Å²) in [5, 5.41) is 8.47. The molecule has 0 aromatic heterocycles. The van der Waals surface area contributed by atoms with Crippen LogP contribution in [0.15, 0.2) is 42.5 Å². The Labute approximate surface area is 155 Å². The molecule has 0 saturated carbocycles. The van der Waals surface area contributed by atoms with Gasteiger partial charge in [0, 0.05) is 11.6 Å². The van der Waals surface area contributed by atoms with E-state index >= 15 is 0 Å². The van der Waals surface area contributed by atoms with E-state index in [-0.39, 0.29) is 0 Å². The number of fused-ring (bicyclic) bond motifs is 2. The van der Waals surface area contributed by atoms with Gasteiger partial charge in [0.2, 0.25) is 0 Å². The molecule has 2 aromatic carbocycles. The van der Waals surface area contributed by atoms with Crippen molar-refractivity contribution in [3.63, 3.8) is 0 Å². The second-order valence-electron chi connectivity index (χ2n) is 5.60. The van der Waals surface area contributed by atoms with Gasteiger partial charge >= 0.3 is 5.97 Å². The van der Waals surface area contributed by atoms with Crippen LogP contribution in [0.1, 0.15) is 15.9 Å². The molecule has 4 rings (SSSR count). The molecule has 27 heavy (non-hydrogen) atoms. The van der Waals surface area contributed by atoms with Crippen molar-refractivity contribution in [1.29, 1.82) is 0 Å². The molecule has 0 amide bonds. The lowest BCUT2D eigenvalue weighted by molar-refractivity contribution is -0.131. The van der Waals surface area contributed by atoms with E-state index in [1.54, 1.807) is 36.4 Å². The minimum Gasteiger partial charge on any atom is -0.486 e. The maximum Gasteiger partial charge on any atom is 0.328 e. The van der Waals surface area contributed by atoms with E-state index in [4.69, 9.17) is 24.1 Å². The number of carboxylic acids is 1. The summed E-state index contributed by atoms with van der Waals surface area (Å²) in [5.41, 5.74) is 1.39. The lowest BCUT2D eigenvalue weighted by Gasteiger charge is -2.18. The minimum absolute atomic E-state index is 0.527. The molecule has 0 atom stereocenters. The second kappa shape index (κ2) is 8.75. The number of carboxylic acid groups (broad SMARTS) is 1. The zero-order valence-corrected chi connectivity index (χ0v) is 14.4. The fourth-order valence-electron chi connectivity index (χ4n) is 2.46. The summed E-state index contributed by atoms with van der Waals surface area (Å²) in [5.74, 6) is 1.77. The highest BCUT2D eigenvalue weighted by Gasteiger charge is 2.11. The Morgan fingerprint density at radius 1 is 0.778 bits per heavy atom. The molecule has 2 aliphatic rings. The van der Waals surface area contributed by atoms with E-state index in [1.807, 2.05) is 0 Å². The van der Waals surface area contributed by atoms with Gasteiger partial charge in [-0.3, -0.25) is 4.79 Å². The monoisotopic (exact) mass is 370 g/mol. The topological polar surface area (TPSA) is 91.3 Å². The predicted molar refractivity (Wildman–Crippen MR) is 96.9 cm³/mol. The van der Waals surface area contributed by atoms with Gasteiger partial charge in [-0.15, -0.1) is 0 Å². The van der Waals surface area contributed by atoms with Gasteiger partial charge in [0.1, 0.15) is 32.7 Å². The Bertz CT molecular complexity index is 857. The third-order valence-electron chi connectivity index (χ3n) is 3.69. The highest BCUT2D eigenvalue weighted by atomic mass is 16.6. The normalized spacial score (nSPS) is 14.1. The second-order valence-corrected chi connectivity index (χ2v) is 5.60. The zero-order chi connectivity index (χ0) is 19.1. The molecule has 0 spiro atoms. The number of ether oxygens (including phenoxy) is 4. The SMILES string of the molecule is O=C(O)/C=C/c1ccc2c(c1)OCCO2.O=Cc1ccc2c(c1)OCCO2. The van der Waals surface area contributed by atoms with Crippen molar-refractivity contribution in [3.05, 3.63) is 53.6 Å². The maximum atomic E-state index is 10.4. The van der Waals surface area contributed by atoms with Gasteiger partial charge in [-0.1, -0.05) is 6.07 Å². The minimum atomic E-state index is -0.968. The standard InChI is InChI=1S/C11H10O4.C9H8O3/c12-11(13)4-2-8-1-3-9-10(7-8)15-6-5-14-9;10-6-7-1-2-8-9(5-7)12-4-3-11-8/h1-4,7H,5-6H2,(H,12,13);1-2,5-6H,3-4H2/b4-2+;. The predicted octanol–water partition coefficient (Wildman–Crippen LogP) is 2.83. The van der Waals surface area contributed by atoms with Gasteiger partial charge in [0.25, 0.3) is 0 Å². The maximum absolute atomic E-state index is 10.4. The molecule has 2 heterocycles. The summed E-state index contributed by atoms with van der Waals surface area (Å²) in [6, 6.07) is 10.5. The fraction of sp³-hybridized carbons (Fsp3) is 0.200. The van der Waals surface area contributed by atoms with Crippen LogP contribution in [0.4, 0.5) is 0 Å². The van der Waals surface area contributed by atoms with Crippen LogP contribution in [0.2, 0.25) is 0 Å². The molecule has 0 unspecified atom stereocenters. The van der Waals surface area contributed by atoms with Crippen molar-refractivity contribution >= 4 is 18.3 Å². The zero-order valence-electron chi connectivity index (χ0n) is 14.4. The number of benzene rings is 2. The van der Waals surface area contributed by atoms with E-state index in [0.717, 1.165) is 17.9 Å². The molecule has 140 valence electrons. The number of aliphatic carboxylic acids is 1. The summed E-state index contributed by atoms with van der Waals surface area (Å²) >= 11 is 0. The van der Waals surface area contributed by atoms with Crippen molar-refractivity contribution < 1.29 is 33.6 Å². The number of aldehydes is 1. The van der Waals surface area contributed by atoms with Gasteiger partial charge in [0.05, 0.1) is 0 Å². The highest BCUT2D eigenvalue weighted by Crippen LogP contribution is 2.31. The third kappa shape index (κ3) is 5.01. The number of hydrogen-bond donors (Lipinski definition) is 1. The largest absolute Gasteiger partial charge is 0.486 e. The Balaban J connectivity index is 0.000000159. The van der Waals surface area contributed by atoms with Crippen LogP contribution >= 0.6 is 0 Å². The average Bonchev–Trinajstić information content (AvgIpc) is 2.72. The molecule has 0 fully saturated rings. The van der Waals surface area contributed by atoms with Gasteiger partial charge in [-0.25, -0.2) is 4.79 Å². The first kappa shape index (κ1) is 18.3. The molecular weight excluding hydrogens is 352 g/mol. The molecule has 1 N–H and O–H groups in total. The van der Waals surface area contributed by atoms with E-state index in [1.165, 1.54) is 6.08 Å². The smallest absolute Gasteiger partial charge is 0.328 e. The van der Waals surface area contributed by atoms with Crippen LogP contribution < -0.4 is 18.9 Å². The Kier molecular flexibility index (Phi) is 5.94. The van der Waals surface area contributed by atoms with Gasteiger partial charge < -0.3 is 24.1 Å². The molecule has 7 nitrogen and oxygen atoms in total. The summed E-state index contributed by atoms with van der Waals surface area (Å²) in [6.07, 6.45) is 3.39. The third-order valence-corrected chi connectivity index (χ3v) is 3.69. The van der Waals surface area contributed by atoms with Crippen LogP contribution in [0, 0.1) is 0 Å². The van der Waals surface area contributed by atoms with Crippen LogP contribution in [0.5, 0.6) is 23.0 Å². The van der Waals surface area contributed by atoms with Crippen molar-refractivity contribution in [3.8, 4) is 23.0 Å². The molecule has 2 aliphatic heterocycles. The highest BCUT2D eigenvalue weighted by molar-refractivity contribution is 5.85. The lowest BCUT2D eigenvalue weighted by Crippen LogP contribution is -2.15. The van der Waals surface area contributed by atoms with E-state index < -0.39 is 5.97 Å². The number of carbonyl (C=O) groups is 2. The quantitative estimate of drug-likeness (QED) is 0.656. The van der Waals surface area contributed by atoms with Gasteiger partial charge in [-0.05, 0) is 42.0 Å². The van der Waals surface area contributed by atoms with E-state index in [2.05, 4.69) is 0 Å². The summed E-state index contributed by atoms with van der Waals surface area (Å²) in [6.45, 7) is 2.21.